The fraction of sp³-hybridized carbons (Fsp3) is 0.333. The molecule has 27 heavy (non-hydrogen) atoms. The molecule has 0 bridgehead atoms. The van der Waals surface area contributed by atoms with Crippen molar-refractivity contribution in [2.45, 2.75) is 25.0 Å². The van der Waals surface area contributed by atoms with Crippen molar-refractivity contribution in [3.05, 3.63) is 60.1 Å². The average molecular weight is 363 g/mol. The van der Waals surface area contributed by atoms with Gasteiger partial charge in [0.2, 0.25) is 0 Å². The average Bonchev–Trinajstić information content (AvgIpc) is 3.35. The molecule has 1 aliphatic heterocycles. The first-order chi connectivity index (χ1) is 13.3. The molecule has 138 valence electrons. The Morgan fingerprint density at radius 2 is 2.07 bits per heavy atom. The largest absolute Gasteiger partial charge is 0.467 e. The monoisotopic (exact) mass is 363 g/mol. The first-order valence-corrected chi connectivity index (χ1v) is 9.38. The minimum absolute atomic E-state index is 0.0202. The van der Waals surface area contributed by atoms with Gasteiger partial charge in [0.25, 0.3) is 5.91 Å². The molecule has 3 aromatic rings. The molecule has 2 aliphatic rings. The summed E-state index contributed by atoms with van der Waals surface area (Å²) in [6.07, 6.45) is 3.66. The number of ether oxygens (including phenoxy) is 1. The lowest BCUT2D eigenvalue weighted by Gasteiger charge is -2.33. The van der Waals surface area contributed by atoms with Crippen LogP contribution in [-0.4, -0.2) is 36.6 Å². The Hall–Kier alpha value is -2.86. The van der Waals surface area contributed by atoms with E-state index in [1.807, 2.05) is 42.5 Å². The van der Waals surface area contributed by atoms with E-state index in [0.29, 0.717) is 24.8 Å². The highest BCUT2D eigenvalue weighted by atomic mass is 16.5. The number of carbonyl (C=O) groups excluding carboxylic acids is 1. The Balaban J connectivity index is 1.49. The number of benzene rings is 1. The highest BCUT2D eigenvalue weighted by molar-refractivity contribution is 6.07. The molecule has 1 amide bonds. The number of anilines is 1. The maximum Gasteiger partial charge on any atom is 0.252 e. The van der Waals surface area contributed by atoms with E-state index in [-0.39, 0.29) is 12.0 Å². The normalized spacial score (nSPS) is 20.0. The van der Waals surface area contributed by atoms with Gasteiger partial charge >= 0.3 is 0 Å². The second-order valence-electron chi connectivity index (χ2n) is 7.11. The maximum atomic E-state index is 12.8. The third-order valence-electron chi connectivity index (χ3n) is 5.11. The van der Waals surface area contributed by atoms with E-state index in [1.54, 1.807) is 6.26 Å². The van der Waals surface area contributed by atoms with Crippen LogP contribution in [0.25, 0.3) is 10.9 Å². The van der Waals surface area contributed by atoms with Gasteiger partial charge in [0.15, 0.2) is 0 Å². The smallest absolute Gasteiger partial charge is 0.252 e. The lowest BCUT2D eigenvalue weighted by molar-refractivity contribution is 0.0255. The van der Waals surface area contributed by atoms with Crippen molar-refractivity contribution in [1.29, 1.82) is 0 Å². The third-order valence-corrected chi connectivity index (χ3v) is 5.11. The summed E-state index contributed by atoms with van der Waals surface area (Å²) in [5.74, 6) is 1.59. The molecule has 3 heterocycles. The molecule has 5 rings (SSSR count). The number of amides is 1. The summed E-state index contributed by atoms with van der Waals surface area (Å²) < 4.78 is 11.4. The molecule has 1 N–H and O–H groups in total. The van der Waals surface area contributed by atoms with Crippen LogP contribution in [-0.2, 0) is 4.74 Å². The molecular weight excluding hydrogens is 342 g/mol. The van der Waals surface area contributed by atoms with Crippen molar-refractivity contribution < 1.29 is 13.9 Å². The van der Waals surface area contributed by atoms with E-state index in [4.69, 9.17) is 14.1 Å². The molecule has 2 fully saturated rings. The van der Waals surface area contributed by atoms with Crippen molar-refractivity contribution in [3.63, 3.8) is 0 Å². The van der Waals surface area contributed by atoms with Crippen LogP contribution < -0.4 is 10.2 Å². The molecule has 1 unspecified atom stereocenters. The standard InChI is InChI=1S/C21H21N3O3/c25-21(22-14-7-8-14)16-12-20(23-17-5-2-1-4-15(16)17)24-9-11-27-19(13-24)18-6-3-10-26-18/h1-6,10,12,14,19H,7-9,11,13H2,(H,22,25). The van der Waals surface area contributed by atoms with Crippen LogP contribution in [0.4, 0.5) is 5.82 Å². The van der Waals surface area contributed by atoms with Gasteiger partial charge in [-0.1, -0.05) is 18.2 Å². The Morgan fingerprint density at radius 1 is 1.19 bits per heavy atom. The highest BCUT2D eigenvalue weighted by Gasteiger charge is 2.28. The van der Waals surface area contributed by atoms with Gasteiger partial charge in [0, 0.05) is 18.0 Å². The van der Waals surface area contributed by atoms with Crippen LogP contribution in [0.1, 0.15) is 35.1 Å². The fourth-order valence-electron chi connectivity index (χ4n) is 3.51. The Bertz CT molecular complexity index is 966. The molecular formula is C21H21N3O3. The molecule has 0 radical (unpaired) electrons. The van der Waals surface area contributed by atoms with Crippen molar-refractivity contribution in [2.75, 3.05) is 24.6 Å². The summed E-state index contributed by atoms with van der Waals surface area (Å²) >= 11 is 0. The van der Waals surface area contributed by atoms with E-state index in [2.05, 4.69) is 10.2 Å². The molecule has 2 aromatic heterocycles. The number of para-hydroxylation sites is 1. The van der Waals surface area contributed by atoms with Gasteiger partial charge in [0.1, 0.15) is 17.7 Å². The number of aromatic nitrogens is 1. The lowest BCUT2D eigenvalue weighted by Crippen LogP contribution is -2.39. The molecule has 1 aliphatic carbocycles. The van der Waals surface area contributed by atoms with Gasteiger partial charge in [-0.15, -0.1) is 0 Å². The topological polar surface area (TPSA) is 67.6 Å². The van der Waals surface area contributed by atoms with Gasteiger partial charge in [-0.3, -0.25) is 4.79 Å². The number of pyridine rings is 1. The Kier molecular flexibility index (Phi) is 4.05. The number of rotatable bonds is 4. The molecule has 1 saturated carbocycles. The van der Waals surface area contributed by atoms with Crippen LogP contribution >= 0.6 is 0 Å². The van der Waals surface area contributed by atoms with Crippen LogP contribution in [0.2, 0.25) is 0 Å². The highest BCUT2D eigenvalue weighted by Crippen LogP contribution is 2.29. The number of nitrogens with one attached hydrogen (secondary N) is 1. The van der Waals surface area contributed by atoms with Crippen LogP contribution in [0.15, 0.2) is 53.1 Å². The summed E-state index contributed by atoms with van der Waals surface area (Å²) in [7, 11) is 0. The number of furan rings is 1. The first-order valence-electron chi connectivity index (χ1n) is 9.38. The predicted molar refractivity (Wildman–Crippen MR) is 102 cm³/mol. The van der Waals surface area contributed by atoms with E-state index < -0.39 is 0 Å². The van der Waals surface area contributed by atoms with Gasteiger partial charge in [-0.05, 0) is 37.1 Å². The van der Waals surface area contributed by atoms with Crippen molar-refractivity contribution in [2.24, 2.45) is 0 Å². The number of fused-ring (bicyclic) bond motifs is 1. The van der Waals surface area contributed by atoms with Gasteiger partial charge in [0.05, 0.1) is 30.5 Å². The van der Waals surface area contributed by atoms with E-state index in [9.17, 15) is 4.79 Å². The minimum atomic E-state index is -0.134. The van der Waals surface area contributed by atoms with Crippen molar-refractivity contribution in [3.8, 4) is 0 Å². The predicted octanol–water partition coefficient (Wildman–Crippen LogP) is 3.30. The minimum Gasteiger partial charge on any atom is -0.467 e. The number of carbonyl (C=O) groups is 1. The summed E-state index contributed by atoms with van der Waals surface area (Å²) in [6, 6.07) is 13.8. The zero-order valence-corrected chi connectivity index (χ0v) is 14.9. The quantitative estimate of drug-likeness (QED) is 0.770. The Morgan fingerprint density at radius 3 is 2.89 bits per heavy atom. The number of hydrogen-bond donors (Lipinski definition) is 1. The van der Waals surface area contributed by atoms with Gasteiger partial charge in [-0.25, -0.2) is 4.98 Å². The van der Waals surface area contributed by atoms with E-state index in [0.717, 1.165) is 41.9 Å². The maximum absolute atomic E-state index is 12.8. The molecule has 6 heteroatoms. The van der Waals surface area contributed by atoms with Crippen LogP contribution in [0.3, 0.4) is 0 Å². The van der Waals surface area contributed by atoms with Crippen LogP contribution in [0, 0.1) is 0 Å². The summed E-state index contributed by atoms with van der Waals surface area (Å²) in [5, 5.41) is 3.98. The molecule has 1 saturated heterocycles. The lowest BCUT2D eigenvalue weighted by atomic mass is 10.1. The zero-order chi connectivity index (χ0) is 18.2. The van der Waals surface area contributed by atoms with E-state index in [1.165, 1.54) is 0 Å². The third kappa shape index (κ3) is 3.28. The number of nitrogens with zero attached hydrogens (tertiary/aromatic N) is 2. The van der Waals surface area contributed by atoms with E-state index >= 15 is 0 Å². The summed E-state index contributed by atoms with van der Waals surface area (Å²) in [4.78, 5) is 19.8. The van der Waals surface area contributed by atoms with Crippen LogP contribution in [0.5, 0.6) is 0 Å². The second kappa shape index (κ2) is 6.70. The van der Waals surface area contributed by atoms with Gasteiger partial charge in [-0.2, -0.15) is 0 Å². The molecule has 1 aromatic carbocycles. The number of hydrogen-bond acceptors (Lipinski definition) is 5. The SMILES string of the molecule is O=C(NC1CC1)c1cc(N2CCOC(c3ccco3)C2)nc2ccccc12. The van der Waals surface area contributed by atoms with Gasteiger partial charge < -0.3 is 19.4 Å². The second-order valence-corrected chi connectivity index (χ2v) is 7.11. The fourth-order valence-corrected chi connectivity index (χ4v) is 3.51. The number of morpholine rings is 1. The first kappa shape index (κ1) is 16.3. The molecule has 0 spiro atoms. The zero-order valence-electron chi connectivity index (χ0n) is 14.9. The molecule has 1 atom stereocenters. The Labute approximate surface area is 157 Å². The molecule has 6 nitrogen and oxygen atoms in total. The summed E-state index contributed by atoms with van der Waals surface area (Å²) in [5.41, 5.74) is 1.51. The summed E-state index contributed by atoms with van der Waals surface area (Å²) in [6.45, 7) is 1.96. The van der Waals surface area contributed by atoms with Crippen molar-refractivity contribution in [1.82, 2.24) is 10.3 Å². The van der Waals surface area contributed by atoms with Crippen molar-refractivity contribution >= 4 is 22.6 Å².